The van der Waals surface area contributed by atoms with Crippen LogP contribution in [0.5, 0.6) is 0 Å². The van der Waals surface area contributed by atoms with Crippen molar-refractivity contribution in [3.8, 4) is 0 Å². The van der Waals surface area contributed by atoms with Gasteiger partial charge in [-0.15, -0.1) is 32.9 Å². The average molecular weight is 431 g/mol. The van der Waals surface area contributed by atoms with Crippen LogP contribution in [-0.2, 0) is 30.6 Å². The summed E-state index contributed by atoms with van der Waals surface area (Å²) in [5, 5.41) is 18.4. The minimum atomic E-state index is -0.183. The number of thiophene rings is 1. The molecule has 2 amide bonds. The summed E-state index contributed by atoms with van der Waals surface area (Å²) in [5.74, 6) is 1.72. The number of hydrogen-bond donors (Lipinski definition) is 2. The second kappa shape index (κ2) is 9.27. The number of amides is 2. The first-order valence-electron chi connectivity index (χ1n) is 9.66. The average Bonchev–Trinajstić information content (AvgIpc) is 3.42. The Morgan fingerprint density at radius 1 is 1.17 bits per heavy atom. The smallest absolute Gasteiger partial charge is 0.267 e. The highest BCUT2D eigenvalue weighted by Gasteiger charge is 2.15. The Bertz CT molecular complexity index is 979. The maximum atomic E-state index is 12.2. The van der Waals surface area contributed by atoms with E-state index in [1.807, 2.05) is 11.4 Å². The fourth-order valence-corrected chi connectivity index (χ4v) is 4.61. The molecule has 0 atom stereocenters. The molecule has 0 aliphatic carbocycles. The van der Waals surface area contributed by atoms with Crippen LogP contribution >= 0.6 is 22.7 Å². The Kier molecular flexibility index (Phi) is 6.30. The van der Waals surface area contributed by atoms with Gasteiger partial charge < -0.3 is 9.88 Å². The number of hydrogen-bond acceptors (Lipinski definition) is 7. The van der Waals surface area contributed by atoms with Crippen LogP contribution in [0.4, 0.5) is 5.13 Å². The van der Waals surface area contributed by atoms with Crippen molar-refractivity contribution in [1.82, 2.24) is 25.1 Å². The van der Waals surface area contributed by atoms with Crippen LogP contribution in [0.25, 0.3) is 0 Å². The van der Waals surface area contributed by atoms with E-state index in [9.17, 15) is 9.59 Å². The third-order valence-corrected chi connectivity index (χ3v) is 6.39. The summed E-state index contributed by atoms with van der Waals surface area (Å²) in [7, 11) is 0. The van der Waals surface area contributed by atoms with E-state index in [1.165, 1.54) is 29.1 Å². The molecule has 29 heavy (non-hydrogen) atoms. The lowest BCUT2D eigenvalue weighted by atomic mass is 10.2. The van der Waals surface area contributed by atoms with Gasteiger partial charge in [0, 0.05) is 31.3 Å². The van der Waals surface area contributed by atoms with Crippen molar-refractivity contribution in [2.45, 2.75) is 45.1 Å². The largest absolute Gasteiger partial charge is 0.355 e. The zero-order valence-corrected chi connectivity index (χ0v) is 17.5. The molecule has 0 saturated carbocycles. The molecular formula is C19H22N6O2S2. The molecule has 0 aromatic carbocycles. The van der Waals surface area contributed by atoms with Crippen molar-refractivity contribution in [3.63, 3.8) is 0 Å². The normalized spacial score (nSPS) is 13.5. The summed E-state index contributed by atoms with van der Waals surface area (Å²) in [6, 6.07) is 3.59. The van der Waals surface area contributed by atoms with Gasteiger partial charge in [-0.1, -0.05) is 12.5 Å². The molecule has 0 fully saturated rings. The summed E-state index contributed by atoms with van der Waals surface area (Å²) >= 11 is 2.69. The number of thiazole rings is 1. The van der Waals surface area contributed by atoms with Gasteiger partial charge in [0.2, 0.25) is 5.91 Å². The second-order valence-corrected chi connectivity index (χ2v) is 8.65. The van der Waals surface area contributed by atoms with Crippen LogP contribution < -0.4 is 10.6 Å². The van der Waals surface area contributed by atoms with Gasteiger partial charge in [0.1, 0.15) is 11.6 Å². The molecule has 4 rings (SSSR count). The number of anilines is 1. The van der Waals surface area contributed by atoms with Gasteiger partial charge in [0.05, 0.1) is 17.0 Å². The molecule has 4 heterocycles. The Morgan fingerprint density at radius 2 is 2.10 bits per heavy atom. The topological polar surface area (TPSA) is 102 Å². The molecule has 0 saturated heterocycles. The molecule has 3 aromatic heterocycles. The minimum absolute atomic E-state index is 0.0953. The van der Waals surface area contributed by atoms with Crippen molar-refractivity contribution in [2.24, 2.45) is 0 Å². The highest BCUT2D eigenvalue weighted by Crippen LogP contribution is 2.18. The molecule has 1 aliphatic heterocycles. The number of aryl methyl sites for hydroxylation is 1. The van der Waals surface area contributed by atoms with Crippen molar-refractivity contribution in [2.75, 3.05) is 11.9 Å². The standard InChI is InChI=1S/C19H22N6O2S2/c26-17(20-8-7-16-24-23-15-6-2-1-3-9-25(15)16)11-13-12-29-19(21-13)22-18(27)14-5-4-10-28-14/h4-5,10,12H,1-3,6-9,11H2,(H,20,26)(H,21,22,27). The van der Waals surface area contributed by atoms with Crippen LogP contribution in [0.3, 0.4) is 0 Å². The molecule has 0 spiro atoms. The van der Waals surface area contributed by atoms with Gasteiger partial charge >= 0.3 is 0 Å². The van der Waals surface area contributed by atoms with E-state index >= 15 is 0 Å². The third-order valence-electron chi connectivity index (χ3n) is 4.72. The first kappa shape index (κ1) is 19.7. The molecule has 0 bridgehead atoms. The van der Waals surface area contributed by atoms with Gasteiger partial charge in [-0.25, -0.2) is 4.98 Å². The zero-order chi connectivity index (χ0) is 20.1. The highest BCUT2D eigenvalue weighted by molar-refractivity contribution is 7.14. The monoisotopic (exact) mass is 430 g/mol. The maximum Gasteiger partial charge on any atom is 0.267 e. The molecule has 0 unspecified atom stereocenters. The third kappa shape index (κ3) is 5.07. The number of aromatic nitrogens is 4. The van der Waals surface area contributed by atoms with Crippen LogP contribution in [0.1, 0.15) is 46.3 Å². The Hall–Kier alpha value is -2.59. The highest BCUT2D eigenvalue weighted by atomic mass is 32.1. The predicted octanol–water partition coefficient (Wildman–Crippen LogP) is 2.68. The van der Waals surface area contributed by atoms with Crippen molar-refractivity contribution in [1.29, 1.82) is 0 Å². The zero-order valence-electron chi connectivity index (χ0n) is 15.9. The van der Waals surface area contributed by atoms with Gasteiger partial charge in [-0.3, -0.25) is 14.9 Å². The molecule has 1 aliphatic rings. The first-order chi connectivity index (χ1) is 14.2. The molecule has 0 radical (unpaired) electrons. The van der Waals surface area contributed by atoms with Crippen LogP contribution in [0.15, 0.2) is 22.9 Å². The molecule has 152 valence electrons. The van der Waals surface area contributed by atoms with E-state index in [-0.39, 0.29) is 18.2 Å². The first-order valence-corrected chi connectivity index (χ1v) is 11.4. The van der Waals surface area contributed by atoms with E-state index in [2.05, 4.69) is 30.4 Å². The van der Waals surface area contributed by atoms with Gasteiger partial charge in [-0.2, -0.15) is 0 Å². The lowest BCUT2D eigenvalue weighted by molar-refractivity contribution is -0.120. The van der Waals surface area contributed by atoms with Gasteiger partial charge in [0.25, 0.3) is 5.91 Å². The SMILES string of the molecule is O=C(Cc1csc(NC(=O)c2cccs2)n1)NCCc1nnc2n1CCCCC2. The quantitative estimate of drug-likeness (QED) is 0.600. The molecular weight excluding hydrogens is 408 g/mol. The van der Waals surface area contributed by atoms with E-state index in [0.29, 0.717) is 28.7 Å². The van der Waals surface area contributed by atoms with Crippen LogP contribution in [-0.4, -0.2) is 38.1 Å². The molecule has 3 aromatic rings. The van der Waals surface area contributed by atoms with Crippen molar-refractivity contribution in [3.05, 3.63) is 45.1 Å². The van der Waals surface area contributed by atoms with E-state index < -0.39 is 0 Å². The molecule has 10 heteroatoms. The van der Waals surface area contributed by atoms with Crippen molar-refractivity contribution >= 4 is 39.6 Å². The summed E-state index contributed by atoms with van der Waals surface area (Å²) in [6.07, 6.45) is 5.37. The fraction of sp³-hybridized carbons (Fsp3) is 0.421. The summed E-state index contributed by atoms with van der Waals surface area (Å²) in [4.78, 5) is 29.2. The number of fused-ring (bicyclic) bond motifs is 1. The van der Waals surface area contributed by atoms with Gasteiger partial charge in [0.15, 0.2) is 5.13 Å². The number of nitrogens with zero attached hydrogens (tertiary/aromatic N) is 4. The number of carbonyl (C=O) groups is 2. The summed E-state index contributed by atoms with van der Waals surface area (Å²) in [5.41, 5.74) is 0.644. The second-order valence-electron chi connectivity index (χ2n) is 6.85. The number of carbonyl (C=O) groups excluding carboxylic acids is 2. The van der Waals surface area contributed by atoms with Crippen LogP contribution in [0, 0.1) is 0 Å². The van der Waals surface area contributed by atoms with Crippen molar-refractivity contribution < 1.29 is 9.59 Å². The van der Waals surface area contributed by atoms with Crippen LogP contribution in [0.2, 0.25) is 0 Å². The Morgan fingerprint density at radius 3 is 2.97 bits per heavy atom. The van der Waals surface area contributed by atoms with E-state index in [4.69, 9.17) is 0 Å². The minimum Gasteiger partial charge on any atom is -0.355 e. The molecule has 2 N–H and O–H groups in total. The van der Waals surface area contributed by atoms with E-state index in [0.717, 1.165) is 37.5 Å². The van der Waals surface area contributed by atoms with E-state index in [1.54, 1.807) is 11.4 Å². The number of rotatable bonds is 7. The fourth-order valence-electron chi connectivity index (χ4n) is 3.28. The Balaban J connectivity index is 1.24. The maximum absolute atomic E-state index is 12.2. The lowest BCUT2D eigenvalue weighted by Gasteiger charge is -2.07. The summed E-state index contributed by atoms with van der Waals surface area (Å²) in [6.45, 7) is 1.48. The number of nitrogens with one attached hydrogen (secondary N) is 2. The molecule has 8 nitrogen and oxygen atoms in total. The van der Waals surface area contributed by atoms with Gasteiger partial charge in [-0.05, 0) is 24.3 Å². The lowest BCUT2D eigenvalue weighted by Crippen LogP contribution is -2.28. The predicted molar refractivity (Wildman–Crippen MR) is 112 cm³/mol. The Labute approximate surface area is 176 Å². The summed E-state index contributed by atoms with van der Waals surface area (Å²) < 4.78 is 2.20.